The highest BCUT2D eigenvalue weighted by Crippen LogP contribution is 2.22. The number of nitrogens with one attached hydrogen (secondary N) is 1. The molecule has 8 nitrogen and oxygen atoms in total. The average molecular weight is 451 g/mol. The van der Waals surface area contributed by atoms with E-state index in [2.05, 4.69) is 9.71 Å². The Balaban J connectivity index is 1.46. The van der Waals surface area contributed by atoms with Gasteiger partial charge in [0, 0.05) is 17.1 Å². The highest BCUT2D eigenvalue weighted by molar-refractivity contribution is 7.89. The van der Waals surface area contributed by atoms with Gasteiger partial charge in [-0.05, 0) is 42.5 Å². The van der Waals surface area contributed by atoms with Gasteiger partial charge in [0.2, 0.25) is 15.9 Å². The molecule has 0 radical (unpaired) electrons. The number of ether oxygens (including phenoxy) is 2. The number of esters is 1. The number of sulfonamides is 1. The van der Waals surface area contributed by atoms with Crippen LogP contribution in [0.5, 0.6) is 5.75 Å². The first-order valence-electron chi connectivity index (χ1n) is 8.87. The van der Waals surface area contributed by atoms with Crippen LogP contribution in [0.15, 0.2) is 64.1 Å². The van der Waals surface area contributed by atoms with Crippen LogP contribution < -0.4 is 9.46 Å². The van der Waals surface area contributed by atoms with Gasteiger partial charge in [-0.1, -0.05) is 17.7 Å². The topological polar surface area (TPSA) is 108 Å². The Morgan fingerprint density at radius 3 is 2.67 bits per heavy atom. The Morgan fingerprint density at radius 1 is 1.20 bits per heavy atom. The number of benzene rings is 2. The van der Waals surface area contributed by atoms with Crippen LogP contribution in [-0.2, 0) is 26.2 Å². The van der Waals surface area contributed by atoms with Crippen LogP contribution in [0, 0.1) is 0 Å². The van der Waals surface area contributed by atoms with Crippen molar-refractivity contribution in [3.05, 3.63) is 65.5 Å². The lowest BCUT2D eigenvalue weighted by Crippen LogP contribution is -2.26. The third-order valence-corrected chi connectivity index (χ3v) is 5.69. The Labute approximate surface area is 178 Å². The summed E-state index contributed by atoms with van der Waals surface area (Å²) < 4.78 is 42.3. The first-order valence-corrected chi connectivity index (χ1v) is 10.7. The molecule has 0 unspecified atom stereocenters. The summed E-state index contributed by atoms with van der Waals surface area (Å²) in [6, 6.07) is 13.0. The van der Waals surface area contributed by atoms with Crippen molar-refractivity contribution in [1.29, 1.82) is 0 Å². The predicted molar refractivity (Wildman–Crippen MR) is 110 cm³/mol. The quantitative estimate of drug-likeness (QED) is 0.497. The molecule has 158 valence electrons. The molecule has 3 rings (SSSR count). The molecular formula is C20H19ClN2O6S. The number of hydrogen-bond donors (Lipinski definition) is 1. The molecule has 0 spiro atoms. The maximum Gasteiger partial charge on any atom is 0.307 e. The molecule has 0 aliphatic rings. The number of nitrogens with zero attached hydrogens (tertiary/aromatic N) is 1. The molecule has 0 amide bonds. The van der Waals surface area contributed by atoms with E-state index in [9.17, 15) is 13.2 Å². The molecule has 0 atom stereocenters. The normalized spacial score (nSPS) is 11.3. The smallest absolute Gasteiger partial charge is 0.307 e. The van der Waals surface area contributed by atoms with Crippen molar-refractivity contribution in [2.75, 3.05) is 13.7 Å². The molecule has 0 aliphatic heterocycles. The molecule has 2 aromatic carbocycles. The van der Waals surface area contributed by atoms with E-state index in [0.717, 1.165) is 5.56 Å². The largest absolute Gasteiger partial charge is 0.497 e. The minimum absolute atomic E-state index is 0.0250. The highest BCUT2D eigenvalue weighted by Gasteiger charge is 2.15. The van der Waals surface area contributed by atoms with Crippen LogP contribution in [0.25, 0.3) is 11.5 Å². The van der Waals surface area contributed by atoms with Crippen LogP contribution in [0.1, 0.15) is 12.1 Å². The Morgan fingerprint density at radius 2 is 1.97 bits per heavy atom. The molecular weight excluding hydrogens is 432 g/mol. The third kappa shape index (κ3) is 5.82. The molecule has 1 aromatic heterocycles. The van der Waals surface area contributed by atoms with E-state index in [0.29, 0.717) is 22.4 Å². The zero-order valence-corrected chi connectivity index (χ0v) is 17.6. The first-order chi connectivity index (χ1) is 14.4. The van der Waals surface area contributed by atoms with Gasteiger partial charge in [-0.15, -0.1) is 0 Å². The lowest BCUT2D eigenvalue weighted by atomic mass is 10.2. The standard InChI is InChI=1S/C20H19ClN2O6S/c1-27-17-7-5-14(6-8-17)20-23-16(13-29-20)12-28-19(24)9-10-22-30(25,26)18-4-2-3-15(21)11-18/h2-8,11,13,22H,9-10,12H2,1H3. The van der Waals surface area contributed by atoms with E-state index in [4.69, 9.17) is 25.5 Å². The van der Waals surface area contributed by atoms with Gasteiger partial charge in [-0.2, -0.15) is 0 Å². The molecule has 0 fully saturated rings. The van der Waals surface area contributed by atoms with Crippen LogP contribution in [-0.4, -0.2) is 33.0 Å². The lowest BCUT2D eigenvalue weighted by Gasteiger charge is -2.07. The van der Waals surface area contributed by atoms with Crippen molar-refractivity contribution in [1.82, 2.24) is 9.71 Å². The molecule has 0 aliphatic carbocycles. The summed E-state index contributed by atoms with van der Waals surface area (Å²) in [5, 5.41) is 0.305. The van der Waals surface area contributed by atoms with Crippen molar-refractivity contribution in [2.24, 2.45) is 0 Å². The summed E-state index contributed by atoms with van der Waals surface area (Å²) in [4.78, 5) is 16.2. The number of carbonyl (C=O) groups excluding carboxylic acids is 1. The minimum atomic E-state index is -3.76. The fourth-order valence-electron chi connectivity index (χ4n) is 2.47. The highest BCUT2D eigenvalue weighted by atomic mass is 35.5. The van der Waals surface area contributed by atoms with Crippen molar-refractivity contribution in [2.45, 2.75) is 17.9 Å². The van der Waals surface area contributed by atoms with Crippen molar-refractivity contribution in [3.8, 4) is 17.2 Å². The summed E-state index contributed by atoms with van der Waals surface area (Å²) in [6.07, 6.45) is 1.26. The monoisotopic (exact) mass is 450 g/mol. The fraction of sp³-hybridized carbons (Fsp3) is 0.200. The Kier molecular flexibility index (Phi) is 7.09. The van der Waals surface area contributed by atoms with E-state index in [-0.39, 0.29) is 24.5 Å². The van der Waals surface area contributed by atoms with E-state index < -0.39 is 16.0 Å². The number of oxazole rings is 1. The Hall–Kier alpha value is -2.88. The van der Waals surface area contributed by atoms with Gasteiger partial charge in [0.05, 0.1) is 18.4 Å². The maximum absolute atomic E-state index is 12.2. The van der Waals surface area contributed by atoms with Gasteiger partial charge >= 0.3 is 5.97 Å². The maximum atomic E-state index is 12.2. The van der Waals surface area contributed by atoms with Crippen LogP contribution in [0.4, 0.5) is 0 Å². The second kappa shape index (κ2) is 9.75. The molecule has 1 heterocycles. The van der Waals surface area contributed by atoms with E-state index in [1.165, 1.54) is 24.5 Å². The Bertz CT molecular complexity index is 1110. The van der Waals surface area contributed by atoms with Gasteiger partial charge in [0.15, 0.2) is 0 Å². The van der Waals surface area contributed by atoms with Crippen molar-refractivity contribution in [3.63, 3.8) is 0 Å². The summed E-state index contributed by atoms with van der Waals surface area (Å²) >= 11 is 5.80. The van der Waals surface area contributed by atoms with E-state index >= 15 is 0 Å². The average Bonchev–Trinajstić information content (AvgIpc) is 3.21. The molecule has 0 saturated carbocycles. The molecule has 0 bridgehead atoms. The fourth-order valence-corrected chi connectivity index (χ4v) is 3.80. The predicted octanol–water partition coefficient (Wildman–Crippen LogP) is 3.42. The number of aromatic nitrogens is 1. The van der Waals surface area contributed by atoms with Crippen LogP contribution >= 0.6 is 11.6 Å². The van der Waals surface area contributed by atoms with Crippen LogP contribution in [0.3, 0.4) is 0 Å². The number of hydrogen-bond acceptors (Lipinski definition) is 7. The minimum Gasteiger partial charge on any atom is -0.497 e. The van der Waals surface area contributed by atoms with Gasteiger partial charge < -0.3 is 13.9 Å². The third-order valence-electron chi connectivity index (χ3n) is 4.00. The lowest BCUT2D eigenvalue weighted by molar-refractivity contribution is -0.144. The number of carbonyl (C=O) groups is 1. The molecule has 0 saturated heterocycles. The van der Waals surface area contributed by atoms with Crippen molar-refractivity contribution >= 4 is 27.6 Å². The molecule has 10 heteroatoms. The molecule has 30 heavy (non-hydrogen) atoms. The van der Waals surface area contributed by atoms with Gasteiger partial charge in [0.25, 0.3) is 0 Å². The second-order valence-electron chi connectivity index (χ2n) is 6.14. The van der Waals surface area contributed by atoms with Gasteiger partial charge in [-0.3, -0.25) is 4.79 Å². The van der Waals surface area contributed by atoms with E-state index in [1.54, 1.807) is 37.4 Å². The summed E-state index contributed by atoms with van der Waals surface area (Å²) in [5.41, 5.74) is 1.19. The zero-order chi connectivity index (χ0) is 21.6. The molecule has 1 N–H and O–H groups in total. The number of halogens is 1. The van der Waals surface area contributed by atoms with Crippen molar-refractivity contribution < 1.29 is 27.1 Å². The SMILES string of the molecule is COc1ccc(-c2nc(COC(=O)CCNS(=O)(=O)c3cccc(Cl)c3)co2)cc1. The van der Waals surface area contributed by atoms with E-state index in [1.807, 2.05) is 0 Å². The zero-order valence-electron chi connectivity index (χ0n) is 16.0. The number of methoxy groups -OCH3 is 1. The first kappa shape index (κ1) is 21.8. The molecule has 3 aromatic rings. The second-order valence-corrected chi connectivity index (χ2v) is 8.34. The van der Waals surface area contributed by atoms with Crippen LogP contribution in [0.2, 0.25) is 5.02 Å². The summed E-state index contributed by atoms with van der Waals surface area (Å²) in [7, 11) is -2.18. The summed E-state index contributed by atoms with van der Waals surface area (Å²) in [5.74, 6) is 0.529. The summed E-state index contributed by atoms with van der Waals surface area (Å²) in [6.45, 7) is -0.191. The van der Waals surface area contributed by atoms with Gasteiger partial charge in [-0.25, -0.2) is 18.1 Å². The van der Waals surface area contributed by atoms with Gasteiger partial charge in [0.1, 0.15) is 24.3 Å². The number of rotatable bonds is 9.